The van der Waals surface area contributed by atoms with E-state index in [2.05, 4.69) is 56.6 Å². The third-order valence-electron chi connectivity index (χ3n) is 2.83. The van der Waals surface area contributed by atoms with Crippen molar-refractivity contribution >= 4 is 0 Å². The first-order valence-electron chi connectivity index (χ1n) is 5.71. The molecule has 0 saturated heterocycles. The Morgan fingerprint density at radius 1 is 0.933 bits per heavy atom. The van der Waals surface area contributed by atoms with E-state index in [9.17, 15) is 0 Å². The molecule has 1 heterocycles. The highest BCUT2D eigenvalue weighted by Crippen LogP contribution is 2.23. The van der Waals surface area contributed by atoms with Gasteiger partial charge in [0.1, 0.15) is 0 Å². The molecule has 1 atom stereocenters. The molecular weight excluding hydrogens is 184 g/mol. The van der Waals surface area contributed by atoms with Crippen LogP contribution in [0, 0.1) is 0 Å². The Kier molecular flexibility index (Phi) is 4.28. The second-order valence-corrected chi connectivity index (χ2v) is 4.59. The van der Waals surface area contributed by atoms with E-state index >= 15 is 0 Å². The number of pyridine rings is 1. The van der Waals surface area contributed by atoms with Gasteiger partial charge in [0, 0.05) is 30.5 Å². The first kappa shape index (κ1) is 12.2. The maximum Gasteiger partial charge on any atom is 0.0326 e. The Bertz CT molecular complexity index is 272. The number of hydrogen-bond acceptors (Lipinski definition) is 2. The van der Waals surface area contributed by atoms with Gasteiger partial charge in [0.15, 0.2) is 0 Å². The first-order chi connectivity index (χ1) is 7.04. The normalized spacial score (nSPS) is 13.9. The molecule has 0 aliphatic carbocycles. The summed E-state index contributed by atoms with van der Waals surface area (Å²) in [7, 11) is 0. The molecule has 0 aliphatic heterocycles. The van der Waals surface area contributed by atoms with Crippen molar-refractivity contribution in [2.45, 2.75) is 52.7 Å². The number of aromatic nitrogens is 1. The molecule has 0 saturated carbocycles. The van der Waals surface area contributed by atoms with Crippen LogP contribution in [0.3, 0.4) is 0 Å². The van der Waals surface area contributed by atoms with Gasteiger partial charge in [-0.05, 0) is 52.3 Å². The van der Waals surface area contributed by atoms with Crippen molar-refractivity contribution in [1.82, 2.24) is 9.88 Å². The summed E-state index contributed by atoms with van der Waals surface area (Å²) in [6.07, 6.45) is 3.73. The van der Waals surface area contributed by atoms with E-state index in [0.717, 1.165) is 0 Å². The summed E-state index contributed by atoms with van der Waals surface area (Å²) >= 11 is 0. The summed E-state index contributed by atoms with van der Waals surface area (Å²) in [5.41, 5.74) is 1.34. The summed E-state index contributed by atoms with van der Waals surface area (Å²) in [5.74, 6) is 0. The monoisotopic (exact) mass is 206 g/mol. The van der Waals surface area contributed by atoms with Crippen LogP contribution in [-0.4, -0.2) is 22.0 Å². The molecule has 1 unspecified atom stereocenters. The zero-order valence-electron chi connectivity index (χ0n) is 10.4. The summed E-state index contributed by atoms with van der Waals surface area (Å²) in [4.78, 5) is 6.57. The predicted octanol–water partition coefficient (Wildman–Crippen LogP) is 3.26. The van der Waals surface area contributed by atoms with Gasteiger partial charge in [0.2, 0.25) is 0 Å². The minimum Gasteiger partial charge on any atom is -0.292 e. The molecule has 1 aromatic heterocycles. The van der Waals surface area contributed by atoms with Crippen molar-refractivity contribution in [2.24, 2.45) is 0 Å². The van der Waals surface area contributed by atoms with Gasteiger partial charge in [-0.2, -0.15) is 0 Å². The second-order valence-electron chi connectivity index (χ2n) is 4.59. The highest BCUT2D eigenvalue weighted by Gasteiger charge is 2.20. The lowest BCUT2D eigenvalue weighted by molar-refractivity contribution is 0.123. The van der Waals surface area contributed by atoms with Crippen molar-refractivity contribution in [3.8, 4) is 0 Å². The summed E-state index contributed by atoms with van der Waals surface area (Å²) in [6.45, 7) is 11.3. The maximum absolute atomic E-state index is 4.06. The van der Waals surface area contributed by atoms with Crippen LogP contribution in [0.15, 0.2) is 24.5 Å². The summed E-state index contributed by atoms with van der Waals surface area (Å²) < 4.78 is 0. The fourth-order valence-electron chi connectivity index (χ4n) is 2.30. The van der Waals surface area contributed by atoms with E-state index in [-0.39, 0.29) is 0 Å². The minimum absolute atomic E-state index is 0.452. The number of nitrogens with zero attached hydrogens (tertiary/aromatic N) is 2. The average Bonchev–Trinajstić information content (AvgIpc) is 2.18. The van der Waals surface area contributed by atoms with Crippen LogP contribution in [-0.2, 0) is 0 Å². The Morgan fingerprint density at radius 3 is 1.80 bits per heavy atom. The molecule has 1 aromatic rings. The molecule has 0 aromatic carbocycles. The number of rotatable bonds is 4. The van der Waals surface area contributed by atoms with E-state index in [1.54, 1.807) is 0 Å². The molecule has 2 nitrogen and oxygen atoms in total. The van der Waals surface area contributed by atoms with Crippen LogP contribution in [0.5, 0.6) is 0 Å². The third-order valence-corrected chi connectivity index (χ3v) is 2.83. The van der Waals surface area contributed by atoms with Crippen molar-refractivity contribution in [3.63, 3.8) is 0 Å². The zero-order chi connectivity index (χ0) is 11.4. The van der Waals surface area contributed by atoms with Gasteiger partial charge in [-0.1, -0.05) is 0 Å². The fraction of sp³-hybridized carbons (Fsp3) is 0.615. The summed E-state index contributed by atoms with van der Waals surface area (Å²) in [6, 6.07) is 5.78. The van der Waals surface area contributed by atoms with E-state index in [1.807, 2.05) is 12.4 Å². The molecule has 0 amide bonds. The topological polar surface area (TPSA) is 16.1 Å². The molecule has 0 radical (unpaired) electrons. The van der Waals surface area contributed by atoms with Crippen LogP contribution < -0.4 is 0 Å². The first-order valence-corrected chi connectivity index (χ1v) is 5.71. The predicted molar refractivity (Wildman–Crippen MR) is 64.8 cm³/mol. The van der Waals surface area contributed by atoms with Crippen LogP contribution in [0.25, 0.3) is 0 Å². The average molecular weight is 206 g/mol. The van der Waals surface area contributed by atoms with E-state index in [1.165, 1.54) is 5.56 Å². The highest BCUT2D eigenvalue weighted by molar-refractivity contribution is 5.14. The lowest BCUT2D eigenvalue weighted by atomic mass is 10.1. The Morgan fingerprint density at radius 2 is 1.40 bits per heavy atom. The van der Waals surface area contributed by atoms with Crippen molar-refractivity contribution in [1.29, 1.82) is 0 Å². The van der Waals surface area contributed by atoms with Gasteiger partial charge in [-0.15, -0.1) is 0 Å². The molecule has 15 heavy (non-hydrogen) atoms. The fourth-order valence-corrected chi connectivity index (χ4v) is 2.30. The summed E-state index contributed by atoms with van der Waals surface area (Å²) in [5, 5.41) is 0. The lowest BCUT2D eigenvalue weighted by Gasteiger charge is -2.36. The smallest absolute Gasteiger partial charge is 0.0326 e. The van der Waals surface area contributed by atoms with Gasteiger partial charge in [0.25, 0.3) is 0 Å². The molecule has 0 fully saturated rings. The third kappa shape index (κ3) is 3.03. The van der Waals surface area contributed by atoms with Crippen LogP contribution >= 0.6 is 0 Å². The van der Waals surface area contributed by atoms with E-state index in [0.29, 0.717) is 18.1 Å². The molecule has 0 aliphatic rings. The molecule has 0 N–H and O–H groups in total. The SMILES string of the molecule is CC(C)N(C(C)C)C(C)c1ccncc1. The zero-order valence-corrected chi connectivity index (χ0v) is 10.4. The highest BCUT2D eigenvalue weighted by atomic mass is 15.2. The molecule has 84 valence electrons. The van der Waals surface area contributed by atoms with Crippen LogP contribution in [0.1, 0.15) is 46.2 Å². The van der Waals surface area contributed by atoms with Gasteiger partial charge in [-0.3, -0.25) is 9.88 Å². The Hall–Kier alpha value is -0.890. The minimum atomic E-state index is 0.452. The van der Waals surface area contributed by atoms with Crippen LogP contribution in [0.4, 0.5) is 0 Å². The van der Waals surface area contributed by atoms with Gasteiger partial charge < -0.3 is 0 Å². The lowest BCUT2D eigenvalue weighted by Crippen LogP contribution is -2.39. The molecule has 0 spiro atoms. The second kappa shape index (κ2) is 5.26. The van der Waals surface area contributed by atoms with Gasteiger partial charge >= 0.3 is 0 Å². The Balaban J connectivity index is 2.86. The van der Waals surface area contributed by atoms with Gasteiger partial charge in [-0.25, -0.2) is 0 Å². The maximum atomic E-state index is 4.06. The van der Waals surface area contributed by atoms with Crippen molar-refractivity contribution < 1.29 is 0 Å². The van der Waals surface area contributed by atoms with E-state index in [4.69, 9.17) is 0 Å². The molecule has 0 bridgehead atoms. The number of hydrogen-bond donors (Lipinski definition) is 0. The molecular formula is C13H22N2. The standard InChI is InChI=1S/C13H22N2/c1-10(2)15(11(3)4)12(5)13-6-8-14-9-7-13/h6-12H,1-5H3. The van der Waals surface area contributed by atoms with Crippen molar-refractivity contribution in [3.05, 3.63) is 30.1 Å². The largest absolute Gasteiger partial charge is 0.292 e. The Labute approximate surface area is 93.3 Å². The molecule has 2 heteroatoms. The van der Waals surface area contributed by atoms with Crippen LogP contribution in [0.2, 0.25) is 0 Å². The molecule has 1 rings (SSSR count). The van der Waals surface area contributed by atoms with E-state index < -0.39 is 0 Å². The quantitative estimate of drug-likeness (QED) is 0.751. The van der Waals surface area contributed by atoms with Gasteiger partial charge in [0.05, 0.1) is 0 Å². The van der Waals surface area contributed by atoms with Crippen molar-refractivity contribution in [2.75, 3.05) is 0 Å².